The number of aromatic nitrogens is 2. The van der Waals surface area contributed by atoms with Crippen molar-refractivity contribution in [2.75, 3.05) is 6.61 Å². The highest BCUT2D eigenvalue weighted by molar-refractivity contribution is 6.28. The van der Waals surface area contributed by atoms with Gasteiger partial charge in [-0.05, 0) is 11.6 Å². The van der Waals surface area contributed by atoms with Gasteiger partial charge in [-0.15, -0.1) is 0 Å². The Labute approximate surface area is 75.1 Å². The fourth-order valence-electron chi connectivity index (χ4n) is 1.07. The van der Waals surface area contributed by atoms with Crippen LogP contribution in [-0.4, -0.2) is 16.6 Å². The van der Waals surface area contributed by atoms with Crippen LogP contribution in [0.3, 0.4) is 0 Å². The van der Waals surface area contributed by atoms with Crippen LogP contribution in [0.15, 0.2) is 24.5 Å². The van der Waals surface area contributed by atoms with Crippen LogP contribution >= 0.6 is 11.6 Å². The van der Waals surface area contributed by atoms with E-state index >= 15 is 0 Å². The molecule has 12 heavy (non-hydrogen) atoms. The maximum atomic E-state index is 5.54. The second-order valence-corrected chi connectivity index (χ2v) is 2.81. The highest BCUT2D eigenvalue weighted by Gasteiger charge is 2.12. The van der Waals surface area contributed by atoms with Crippen LogP contribution in [-0.2, 0) is 4.74 Å². The molecule has 0 aromatic carbocycles. The average molecular weight is 183 g/mol. The smallest absolute Gasteiger partial charge is 0.222 e. The van der Waals surface area contributed by atoms with Gasteiger partial charge >= 0.3 is 0 Å². The molecule has 0 aliphatic carbocycles. The van der Waals surface area contributed by atoms with E-state index in [0.29, 0.717) is 6.61 Å². The third kappa shape index (κ3) is 1.47. The molecule has 2 heterocycles. The summed E-state index contributed by atoms with van der Waals surface area (Å²) in [6, 6.07) is 0. The zero-order valence-electron chi connectivity index (χ0n) is 6.27. The minimum Gasteiger partial charge on any atom is -0.365 e. The van der Waals surface area contributed by atoms with Crippen molar-refractivity contribution in [2.24, 2.45) is 0 Å². The summed E-state index contributed by atoms with van der Waals surface area (Å²) < 4.78 is 5.34. The van der Waals surface area contributed by atoms with Crippen molar-refractivity contribution in [3.05, 3.63) is 35.4 Å². The Morgan fingerprint density at radius 1 is 1.42 bits per heavy atom. The Morgan fingerprint density at radius 2 is 2.17 bits per heavy atom. The molecular formula is C8H7ClN2O. The van der Waals surface area contributed by atoms with Crippen LogP contribution in [0.4, 0.5) is 0 Å². The number of halogens is 1. The van der Waals surface area contributed by atoms with E-state index < -0.39 is 0 Å². The van der Waals surface area contributed by atoms with Crippen molar-refractivity contribution < 1.29 is 4.74 Å². The summed E-state index contributed by atoms with van der Waals surface area (Å²) in [6.07, 6.45) is 7.30. The van der Waals surface area contributed by atoms with Gasteiger partial charge in [-0.3, -0.25) is 0 Å². The second kappa shape index (κ2) is 3.21. The first-order chi connectivity index (χ1) is 5.86. The van der Waals surface area contributed by atoms with Crippen LogP contribution < -0.4 is 0 Å². The van der Waals surface area contributed by atoms with Crippen molar-refractivity contribution >= 4 is 11.6 Å². The molecule has 4 heteroatoms. The minimum atomic E-state index is 0.00210. The molecule has 0 bridgehead atoms. The molecule has 1 aromatic heterocycles. The fourth-order valence-corrected chi connectivity index (χ4v) is 1.17. The van der Waals surface area contributed by atoms with Crippen molar-refractivity contribution in [1.82, 2.24) is 9.97 Å². The standard InChI is InChI=1S/C8H7ClN2O/c9-8-10-4-6(5-11-8)7-2-1-3-12-7/h1-2,4-5,7H,3H2/t7-/m1/s1. The van der Waals surface area contributed by atoms with Gasteiger partial charge in [0.1, 0.15) is 6.10 Å². The summed E-state index contributed by atoms with van der Waals surface area (Å²) in [6.45, 7) is 0.660. The van der Waals surface area contributed by atoms with Gasteiger partial charge in [-0.25, -0.2) is 9.97 Å². The van der Waals surface area contributed by atoms with Crippen molar-refractivity contribution in [1.29, 1.82) is 0 Å². The van der Waals surface area contributed by atoms with Gasteiger partial charge in [0, 0.05) is 18.0 Å². The van der Waals surface area contributed by atoms with E-state index in [4.69, 9.17) is 16.3 Å². The van der Waals surface area contributed by atoms with Gasteiger partial charge in [-0.1, -0.05) is 12.2 Å². The van der Waals surface area contributed by atoms with Crippen LogP contribution in [0.5, 0.6) is 0 Å². The Kier molecular flexibility index (Phi) is 2.06. The molecule has 0 unspecified atom stereocenters. The Hall–Kier alpha value is -0.930. The molecule has 3 nitrogen and oxygen atoms in total. The molecule has 2 rings (SSSR count). The molecule has 0 saturated heterocycles. The molecule has 0 spiro atoms. The van der Waals surface area contributed by atoms with Crippen LogP contribution in [0.25, 0.3) is 0 Å². The number of rotatable bonds is 1. The van der Waals surface area contributed by atoms with Crippen molar-refractivity contribution in [3.63, 3.8) is 0 Å². The summed E-state index contributed by atoms with van der Waals surface area (Å²) in [5.41, 5.74) is 0.938. The Balaban J connectivity index is 2.23. The van der Waals surface area contributed by atoms with E-state index in [-0.39, 0.29) is 11.4 Å². The zero-order chi connectivity index (χ0) is 8.39. The van der Waals surface area contributed by atoms with Gasteiger partial charge in [0.2, 0.25) is 5.28 Å². The fraction of sp³-hybridized carbons (Fsp3) is 0.250. The number of ether oxygens (including phenoxy) is 1. The molecule has 0 N–H and O–H groups in total. The lowest BCUT2D eigenvalue weighted by molar-refractivity contribution is 0.129. The molecule has 1 aliphatic heterocycles. The molecule has 0 amide bonds. The summed E-state index contributed by atoms with van der Waals surface area (Å²) >= 11 is 5.54. The highest BCUT2D eigenvalue weighted by atomic mass is 35.5. The molecule has 1 atom stereocenters. The molecule has 0 saturated carbocycles. The Morgan fingerprint density at radius 3 is 2.75 bits per heavy atom. The first-order valence-electron chi connectivity index (χ1n) is 3.62. The van der Waals surface area contributed by atoms with Crippen LogP contribution in [0, 0.1) is 0 Å². The lowest BCUT2D eigenvalue weighted by Crippen LogP contribution is -1.97. The van der Waals surface area contributed by atoms with Gasteiger partial charge in [0.25, 0.3) is 0 Å². The van der Waals surface area contributed by atoms with Crippen LogP contribution in [0.2, 0.25) is 5.28 Å². The van der Waals surface area contributed by atoms with Gasteiger partial charge in [0.05, 0.1) is 6.61 Å². The SMILES string of the molecule is Clc1ncc([C@H]2C=CCO2)cn1. The average Bonchev–Trinajstić information content (AvgIpc) is 2.58. The first-order valence-corrected chi connectivity index (χ1v) is 4.00. The van der Waals surface area contributed by atoms with E-state index in [1.807, 2.05) is 12.2 Å². The molecular weight excluding hydrogens is 176 g/mol. The first kappa shape index (κ1) is 7.71. The van der Waals surface area contributed by atoms with Gasteiger partial charge in [-0.2, -0.15) is 0 Å². The molecule has 1 aromatic rings. The molecule has 0 radical (unpaired) electrons. The monoisotopic (exact) mass is 182 g/mol. The second-order valence-electron chi connectivity index (χ2n) is 2.47. The predicted octanol–water partition coefficient (Wildman–Crippen LogP) is 1.76. The van der Waals surface area contributed by atoms with Crippen LogP contribution in [0.1, 0.15) is 11.7 Å². The third-order valence-electron chi connectivity index (χ3n) is 1.65. The number of nitrogens with zero attached hydrogens (tertiary/aromatic N) is 2. The lowest BCUT2D eigenvalue weighted by Gasteiger charge is -2.06. The van der Waals surface area contributed by atoms with Gasteiger partial charge < -0.3 is 4.74 Å². The normalized spacial score (nSPS) is 21.6. The summed E-state index contributed by atoms with van der Waals surface area (Å²) in [5.74, 6) is 0. The summed E-state index contributed by atoms with van der Waals surface area (Å²) in [7, 11) is 0. The van der Waals surface area contributed by atoms with Crippen molar-refractivity contribution in [3.8, 4) is 0 Å². The Bertz CT molecular complexity index is 296. The lowest BCUT2D eigenvalue weighted by atomic mass is 10.2. The summed E-state index contributed by atoms with van der Waals surface area (Å²) in [4.78, 5) is 7.73. The van der Waals surface area contributed by atoms with E-state index in [9.17, 15) is 0 Å². The summed E-state index contributed by atoms with van der Waals surface area (Å²) in [5, 5.41) is 0.265. The van der Waals surface area contributed by atoms with E-state index in [1.165, 1.54) is 0 Å². The van der Waals surface area contributed by atoms with Gasteiger partial charge in [0.15, 0.2) is 0 Å². The highest BCUT2D eigenvalue weighted by Crippen LogP contribution is 2.21. The molecule has 62 valence electrons. The van der Waals surface area contributed by atoms with E-state index in [0.717, 1.165) is 5.56 Å². The maximum Gasteiger partial charge on any atom is 0.222 e. The topological polar surface area (TPSA) is 35.0 Å². The molecule has 1 aliphatic rings. The molecule has 0 fully saturated rings. The zero-order valence-corrected chi connectivity index (χ0v) is 7.03. The van der Waals surface area contributed by atoms with Crippen molar-refractivity contribution in [2.45, 2.75) is 6.10 Å². The quantitative estimate of drug-likeness (QED) is 0.490. The number of hydrogen-bond donors (Lipinski definition) is 0. The minimum absolute atomic E-state index is 0.00210. The number of hydrogen-bond acceptors (Lipinski definition) is 3. The maximum absolute atomic E-state index is 5.54. The van der Waals surface area contributed by atoms with E-state index in [1.54, 1.807) is 12.4 Å². The largest absolute Gasteiger partial charge is 0.365 e. The predicted molar refractivity (Wildman–Crippen MR) is 44.9 cm³/mol. The third-order valence-corrected chi connectivity index (χ3v) is 1.85. The van der Waals surface area contributed by atoms with E-state index in [2.05, 4.69) is 9.97 Å².